The minimum Gasteiger partial charge on any atom is -0.456 e. The Balaban J connectivity index is 0.871. The minimum atomic E-state index is 0.0901. The van der Waals surface area contributed by atoms with Crippen LogP contribution in [0.2, 0.25) is 0 Å². The lowest BCUT2D eigenvalue weighted by Gasteiger charge is -2.38. The van der Waals surface area contributed by atoms with Crippen LogP contribution >= 0.6 is 0 Å². The van der Waals surface area contributed by atoms with E-state index in [9.17, 15) is 0 Å². The first-order valence-electron chi connectivity index (χ1n) is 23.2. The van der Waals surface area contributed by atoms with Crippen molar-refractivity contribution in [2.45, 2.75) is 24.8 Å². The van der Waals surface area contributed by atoms with Crippen LogP contribution in [-0.4, -0.2) is 6.04 Å². The van der Waals surface area contributed by atoms with Crippen molar-refractivity contribution in [2.24, 2.45) is 11.8 Å². The lowest BCUT2D eigenvalue weighted by atomic mass is 9.78. The van der Waals surface area contributed by atoms with Crippen molar-refractivity contribution >= 4 is 77.4 Å². The average molecular weight is 851 g/mol. The van der Waals surface area contributed by atoms with E-state index in [-0.39, 0.29) is 12.0 Å². The van der Waals surface area contributed by atoms with Gasteiger partial charge in [-0.15, -0.1) is 0 Å². The third-order valence-corrected chi connectivity index (χ3v) is 14.1. The fourth-order valence-electron chi connectivity index (χ4n) is 10.8. The van der Waals surface area contributed by atoms with Gasteiger partial charge in [-0.1, -0.05) is 152 Å². The number of hydrogen-bond acceptors (Lipinski definition) is 4. The first-order chi connectivity index (χ1) is 32.7. The molecule has 4 heteroatoms. The van der Waals surface area contributed by atoms with Gasteiger partial charge >= 0.3 is 0 Å². The summed E-state index contributed by atoms with van der Waals surface area (Å²) < 4.78 is 12.6. The summed E-state index contributed by atoms with van der Waals surface area (Å²) in [5.41, 5.74) is 13.3. The summed E-state index contributed by atoms with van der Waals surface area (Å²) in [5, 5.41) is 6.94. The first kappa shape index (κ1) is 38.4. The van der Waals surface area contributed by atoms with Crippen molar-refractivity contribution in [1.82, 2.24) is 0 Å². The van der Waals surface area contributed by atoms with Gasteiger partial charge in [0, 0.05) is 67.7 Å². The predicted molar refractivity (Wildman–Crippen MR) is 275 cm³/mol. The summed E-state index contributed by atoms with van der Waals surface area (Å²) >= 11 is 0. The van der Waals surface area contributed by atoms with Gasteiger partial charge in [-0.05, 0) is 119 Å². The fraction of sp³-hybridized carbons (Fsp3) is 0.0968. The van der Waals surface area contributed by atoms with Crippen LogP contribution in [0, 0.1) is 11.8 Å². The normalized spacial score (nSPS) is 20.0. The summed E-state index contributed by atoms with van der Waals surface area (Å²) in [4.78, 5) is 4.96. The molecule has 7 aromatic carbocycles. The summed E-state index contributed by atoms with van der Waals surface area (Å²) in [5.74, 6) is 0.874. The zero-order valence-corrected chi connectivity index (χ0v) is 36.4. The van der Waals surface area contributed by atoms with E-state index in [4.69, 9.17) is 8.83 Å². The third-order valence-electron chi connectivity index (χ3n) is 14.1. The van der Waals surface area contributed by atoms with Crippen molar-refractivity contribution in [1.29, 1.82) is 0 Å². The van der Waals surface area contributed by atoms with Crippen LogP contribution in [0.15, 0.2) is 256 Å². The molecule has 0 amide bonds. The molecule has 0 bridgehead atoms. The zero-order valence-electron chi connectivity index (χ0n) is 36.4. The molecule has 2 aromatic heterocycles. The van der Waals surface area contributed by atoms with Gasteiger partial charge in [0.05, 0.1) is 6.04 Å². The molecule has 13 rings (SSSR count). The molecule has 4 atom stereocenters. The van der Waals surface area contributed by atoms with E-state index in [1.54, 1.807) is 0 Å². The topological polar surface area (TPSA) is 32.8 Å². The van der Waals surface area contributed by atoms with Gasteiger partial charge in [0.15, 0.2) is 0 Å². The molecule has 66 heavy (non-hydrogen) atoms. The Labute approximate surface area is 384 Å². The van der Waals surface area contributed by atoms with Gasteiger partial charge in [0.2, 0.25) is 0 Å². The maximum atomic E-state index is 6.31. The van der Waals surface area contributed by atoms with E-state index in [1.807, 2.05) is 18.2 Å². The largest absolute Gasteiger partial charge is 0.456 e. The molecule has 0 N–H and O–H groups in total. The number of rotatable bonds is 8. The highest BCUT2D eigenvalue weighted by Gasteiger charge is 2.30. The number of para-hydroxylation sites is 2. The van der Waals surface area contributed by atoms with Gasteiger partial charge in [-0.2, -0.15) is 0 Å². The van der Waals surface area contributed by atoms with E-state index in [0.29, 0.717) is 11.8 Å². The number of nitrogens with zero attached hydrogens (tertiary/aromatic N) is 2. The molecule has 2 heterocycles. The summed E-state index contributed by atoms with van der Waals surface area (Å²) in [7, 11) is 0. The van der Waals surface area contributed by atoms with E-state index in [0.717, 1.165) is 79.5 Å². The average Bonchev–Trinajstić information content (AvgIpc) is 3.95. The van der Waals surface area contributed by atoms with Crippen LogP contribution in [0.4, 0.5) is 22.7 Å². The molecule has 9 aromatic rings. The van der Waals surface area contributed by atoms with E-state index in [1.165, 1.54) is 33.2 Å². The summed E-state index contributed by atoms with van der Waals surface area (Å²) in [6.07, 6.45) is 31.9. The lowest BCUT2D eigenvalue weighted by molar-refractivity contribution is 0.639. The lowest BCUT2D eigenvalue weighted by Crippen LogP contribution is -2.35. The van der Waals surface area contributed by atoms with Crippen LogP contribution in [0.25, 0.3) is 54.6 Å². The first-order valence-corrected chi connectivity index (χ1v) is 23.2. The van der Waals surface area contributed by atoms with Crippen molar-refractivity contribution in [3.05, 3.63) is 253 Å². The smallest absolute Gasteiger partial charge is 0.135 e. The second-order valence-corrected chi connectivity index (χ2v) is 18.0. The predicted octanol–water partition coefficient (Wildman–Crippen LogP) is 16.7. The molecular formula is C62H46N2O2. The molecule has 4 aliphatic rings. The van der Waals surface area contributed by atoms with Gasteiger partial charge in [-0.3, -0.25) is 0 Å². The number of allylic oxidation sites excluding steroid dienone is 13. The van der Waals surface area contributed by atoms with Crippen LogP contribution in [0.5, 0.6) is 0 Å². The highest BCUT2D eigenvalue weighted by Crippen LogP contribution is 2.45. The number of anilines is 4. The highest BCUT2D eigenvalue weighted by molar-refractivity contribution is 6.07. The Morgan fingerprint density at radius 3 is 1.95 bits per heavy atom. The van der Waals surface area contributed by atoms with Crippen molar-refractivity contribution in [3.8, 4) is 0 Å². The second-order valence-electron chi connectivity index (χ2n) is 18.0. The number of hydrogen-bond donors (Lipinski definition) is 0. The second kappa shape index (κ2) is 15.9. The molecule has 316 valence electrons. The standard InChI is InChI=1S/C62H46N2O2/c1-3-15-43-35-49(29-27-41(43)13-1)63(51-31-33-61-57(39-51)55-23-7-9-25-59(55)65-61)47-19-11-17-45(37-47)53-21-5-6-22-54(53)46-18-12-20-48(38-46)64(50-30-28-42-14-2-4-16-44(42)36-50)52-32-34-62-58(40-52)56-24-8-10-26-60(56)66-62/h1-21,23-36,38-41,43,47,54H,22,37H2/t41-,43?,47?,54?/m0/s1. The van der Waals surface area contributed by atoms with Crippen molar-refractivity contribution in [3.63, 3.8) is 0 Å². The molecule has 0 fully saturated rings. The molecule has 3 unspecified atom stereocenters. The van der Waals surface area contributed by atoms with Crippen LogP contribution in [0.3, 0.4) is 0 Å². The van der Waals surface area contributed by atoms with Crippen molar-refractivity contribution < 1.29 is 8.83 Å². The molecule has 0 aliphatic heterocycles. The number of fused-ring (bicyclic) bond motifs is 8. The molecule has 4 aliphatic carbocycles. The monoisotopic (exact) mass is 850 g/mol. The summed E-state index contributed by atoms with van der Waals surface area (Å²) in [6, 6.07) is 54.7. The Bertz CT molecular complexity index is 3660. The molecule has 0 radical (unpaired) electrons. The Kier molecular flexibility index (Phi) is 9.23. The van der Waals surface area contributed by atoms with Gasteiger partial charge in [0.1, 0.15) is 22.3 Å². The molecule has 4 nitrogen and oxygen atoms in total. The maximum Gasteiger partial charge on any atom is 0.135 e. The molecule has 0 spiro atoms. The Hall–Kier alpha value is -8.08. The fourth-order valence-corrected chi connectivity index (χ4v) is 10.8. The molecular weight excluding hydrogens is 805 g/mol. The number of furan rings is 2. The quantitative estimate of drug-likeness (QED) is 0.152. The summed E-state index contributed by atoms with van der Waals surface area (Å²) in [6.45, 7) is 0. The van der Waals surface area contributed by atoms with Crippen LogP contribution < -0.4 is 9.80 Å². The van der Waals surface area contributed by atoms with Gasteiger partial charge in [-0.25, -0.2) is 0 Å². The van der Waals surface area contributed by atoms with Gasteiger partial charge in [0.25, 0.3) is 0 Å². The Morgan fingerprint density at radius 1 is 0.470 bits per heavy atom. The van der Waals surface area contributed by atoms with E-state index in [2.05, 4.69) is 222 Å². The SMILES string of the molecule is C1=CCC(c2cccc(N(c3ccc4ccccc4c3)c3ccc4oc5ccccc5c4c3)c2)C(C2=CC=CC(N(C3=CC4C=CC=C[C@H]4C=C3)c3ccc4oc5ccccc5c4c3)C2)=C1. The maximum absolute atomic E-state index is 6.31. The molecule has 0 saturated carbocycles. The molecule has 0 saturated heterocycles. The number of benzene rings is 7. The van der Waals surface area contributed by atoms with Crippen molar-refractivity contribution in [2.75, 3.05) is 9.80 Å². The third kappa shape index (κ3) is 6.68. The van der Waals surface area contributed by atoms with Crippen LogP contribution in [0.1, 0.15) is 24.3 Å². The van der Waals surface area contributed by atoms with E-state index < -0.39 is 0 Å². The zero-order chi connectivity index (χ0) is 43.6. The Morgan fingerprint density at radius 2 is 1.14 bits per heavy atom. The minimum absolute atomic E-state index is 0.0901. The highest BCUT2D eigenvalue weighted by atomic mass is 16.3. The van der Waals surface area contributed by atoms with Crippen LogP contribution in [-0.2, 0) is 0 Å². The van der Waals surface area contributed by atoms with Gasteiger partial charge < -0.3 is 18.6 Å². The van der Waals surface area contributed by atoms with E-state index >= 15 is 0 Å².